The monoisotopic (exact) mass is 339 g/mol. The van der Waals surface area contributed by atoms with Gasteiger partial charge < -0.3 is 11.1 Å². The largest absolute Gasteiger partial charge is 0.389 e. The van der Waals surface area contributed by atoms with E-state index in [1.165, 1.54) is 12.1 Å². The molecule has 0 aliphatic carbocycles. The third-order valence-corrected chi connectivity index (χ3v) is 3.45. The van der Waals surface area contributed by atoms with Crippen molar-refractivity contribution in [1.82, 2.24) is 4.98 Å². The lowest BCUT2D eigenvalue weighted by molar-refractivity contribution is 0.627. The Morgan fingerprint density at radius 3 is 2.79 bits per heavy atom. The molecule has 0 bridgehead atoms. The molecule has 6 heteroatoms. The summed E-state index contributed by atoms with van der Waals surface area (Å²) >= 11 is 8.32. The fourth-order valence-corrected chi connectivity index (χ4v) is 2.39. The Kier molecular flexibility index (Phi) is 4.11. The Morgan fingerprint density at radius 2 is 2.16 bits per heavy atom. The highest BCUT2D eigenvalue weighted by molar-refractivity contribution is 9.10. The molecule has 0 atom stereocenters. The molecule has 3 nitrogen and oxygen atoms in total. The van der Waals surface area contributed by atoms with E-state index >= 15 is 0 Å². The molecular formula is C13H11BrFN3S. The van der Waals surface area contributed by atoms with Crippen LogP contribution in [0.15, 0.2) is 34.9 Å². The quantitative estimate of drug-likeness (QED) is 0.837. The molecule has 0 radical (unpaired) electrons. The van der Waals surface area contributed by atoms with Gasteiger partial charge in [0, 0.05) is 10.7 Å². The molecule has 1 aromatic carbocycles. The average molecular weight is 340 g/mol. The predicted molar refractivity (Wildman–Crippen MR) is 82.2 cm³/mol. The number of hydrogen-bond acceptors (Lipinski definition) is 3. The van der Waals surface area contributed by atoms with Gasteiger partial charge in [0.1, 0.15) is 16.6 Å². The van der Waals surface area contributed by atoms with Crippen LogP contribution in [0.25, 0.3) is 0 Å². The molecule has 98 valence electrons. The Balaban J connectivity index is 2.44. The van der Waals surface area contributed by atoms with Crippen molar-refractivity contribution in [3.63, 3.8) is 0 Å². The average Bonchev–Trinajstić information content (AvgIpc) is 2.32. The van der Waals surface area contributed by atoms with Crippen LogP contribution in [0.5, 0.6) is 0 Å². The first-order chi connectivity index (χ1) is 8.99. The zero-order valence-corrected chi connectivity index (χ0v) is 12.5. The second-order valence-corrected chi connectivity index (χ2v) is 5.26. The van der Waals surface area contributed by atoms with E-state index < -0.39 is 0 Å². The van der Waals surface area contributed by atoms with Crippen molar-refractivity contribution in [3.8, 4) is 0 Å². The van der Waals surface area contributed by atoms with E-state index in [-0.39, 0.29) is 10.8 Å². The second-order valence-electron chi connectivity index (χ2n) is 3.96. The third-order valence-electron chi connectivity index (χ3n) is 2.59. The normalized spacial score (nSPS) is 10.3. The molecule has 1 aromatic heterocycles. The SMILES string of the molecule is Cc1ccnc(Nc2ccc(F)cc2Br)c1C(N)=S. The molecular weight excluding hydrogens is 329 g/mol. The van der Waals surface area contributed by atoms with Crippen molar-refractivity contribution in [1.29, 1.82) is 0 Å². The summed E-state index contributed by atoms with van der Waals surface area (Å²) in [6.45, 7) is 1.90. The van der Waals surface area contributed by atoms with E-state index in [1.807, 2.05) is 13.0 Å². The number of aromatic nitrogens is 1. The number of rotatable bonds is 3. The van der Waals surface area contributed by atoms with Crippen LogP contribution in [0, 0.1) is 12.7 Å². The highest BCUT2D eigenvalue weighted by Crippen LogP contribution is 2.28. The van der Waals surface area contributed by atoms with Crippen LogP contribution in [-0.4, -0.2) is 9.97 Å². The molecule has 0 aliphatic heterocycles. The highest BCUT2D eigenvalue weighted by Gasteiger charge is 2.11. The van der Waals surface area contributed by atoms with Gasteiger partial charge in [0.25, 0.3) is 0 Å². The fourth-order valence-electron chi connectivity index (χ4n) is 1.68. The van der Waals surface area contributed by atoms with Crippen LogP contribution in [0.3, 0.4) is 0 Å². The molecule has 0 saturated carbocycles. The zero-order valence-electron chi connectivity index (χ0n) is 10.1. The van der Waals surface area contributed by atoms with Gasteiger partial charge in [-0.25, -0.2) is 9.37 Å². The Morgan fingerprint density at radius 1 is 1.42 bits per heavy atom. The fraction of sp³-hybridized carbons (Fsp3) is 0.0769. The van der Waals surface area contributed by atoms with Crippen LogP contribution >= 0.6 is 28.1 Å². The summed E-state index contributed by atoms with van der Waals surface area (Å²) in [7, 11) is 0. The number of halogens is 2. The van der Waals surface area contributed by atoms with Crippen LogP contribution in [0.4, 0.5) is 15.9 Å². The summed E-state index contributed by atoms with van der Waals surface area (Å²) in [5.74, 6) is 0.240. The van der Waals surface area contributed by atoms with Crippen molar-refractivity contribution in [2.45, 2.75) is 6.92 Å². The topological polar surface area (TPSA) is 50.9 Å². The number of nitrogens with two attached hydrogens (primary N) is 1. The standard InChI is InChI=1S/C13H11BrFN3S/c1-7-4-5-17-13(11(7)12(16)19)18-10-3-2-8(15)6-9(10)14/h2-6H,1H3,(H2,16,19)(H,17,18). The number of anilines is 2. The minimum absolute atomic E-state index is 0.270. The summed E-state index contributed by atoms with van der Waals surface area (Å²) in [4.78, 5) is 4.50. The summed E-state index contributed by atoms with van der Waals surface area (Å²) in [5, 5.41) is 3.10. The molecule has 0 aliphatic rings. The number of thiocarbonyl (C=S) groups is 1. The lowest BCUT2D eigenvalue weighted by Crippen LogP contribution is -2.14. The predicted octanol–water partition coefficient (Wildman–Crippen LogP) is 3.67. The molecule has 0 amide bonds. The molecule has 0 spiro atoms. The van der Waals surface area contributed by atoms with E-state index in [0.717, 1.165) is 5.56 Å². The summed E-state index contributed by atoms with van der Waals surface area (Å²) < 4.78 is 13.6. The molecule has 2 rings (SSSR count). The van der Waals surface area contributed by atoms with Gasteiger partial charge in [-0.05, 0) is 52.7 Å². The molecule has 0 fully saturated rings. The maximum absolute atomic E-state index is 13.0. The summed E-state index contributed by atoms with van der Waals surface area (Å²) in [5.41, 5.74) is 8.02. The van der Waals surface area contributed by atoms with Crippen LogP contribution in [0.2, 0.25) is 0 Å². The van der Waals surface area contributed by atoms with E-state index in [4.69, 9.17) is 18.0 Å². The lowest BCUT2D eigenvalue weighted by atomic mass is 10.1. The smallest absolute Gasteiger partial charge is 0.140 e. The second kappa shape index (κ2) is 5.63. The Labute approximate surface area is 124 Å². The van der Waals surface area contributed by atoms with E-state index in [1.54, 1.807) is 12.3 Å². The van der Waals surface area contributed by atoms with E-state index in [2.05, 4.69) is 26.2 Å². The van der Waals surface area contributed by atoms with Gasteiger partial charge in [-0.3, -0.25) is 0 Å². The first-order valence-corrected chi connectivity index (χ1v) is 6.66. The van der Waals surface area contributed by atoms with Crippen molar-refractivity contribution < 1.29 is 4.39 Å². The third kappa shape index (κ3) is 3.08. The molecule has 19 heavy (non-hydrogen) atoms. The van der Waals surface area contributed by atoms with Crippen LogP contribution in [-0.2, 0) is 0 Å². The maximum Gasteiger partial charge on any atom is 0.140 e. The number of aryl methyl sites for hydroxylation is 1. The van der Waals surface area contributed by atoms with Crippen molar-refractivity contribution in [2.75, 3.05) is 5.32 Å². The summed E-state index contributed by atoms with van der Waals surface area (Å²) in [6, 6.07) is 6.19. The lowest BCUT2D eigenvalue weighted by Gasteiger charge is -2.13. The van der Waals surface area contributed by atoms with Gasteiger partial charge in [0.15, 0.2) is 0 Å². The van der Waals surface area contributed by atoms with Crippen LogP contribution < -0.4 is 11.1 Å². The Hall–Kier alpha value is -1.53. The molecule has 3 N–H and O–H groups in total. The molecule has 2 aromatic rings. The van der Waals surface area contributed by atoms with Crippen molar-refractivity contribution >= 4 is 44.6 Å². The van der Waals surface area contributed by atoms with Gasteiger partial charge in [0.2, 0.25) is 0 Å². The van der Waals surface area contributed by atoms with Gasteiger partial charge >= 0.3 is 0 Å². The number of benzene rings is 1. The van der Waals surface area contributed by atoms with Crippen LogP contribution in [0.1, 0.15) is 11.1 Å². The molecule has 0 saturated heterocycles. The summed E-state index contributed by atoms with van der Waals surface area (Å²) in [6.07, 6.45) is 1.66. The van der Waals surface area contributed by atoms with E-state index in [0.29, 0.717) is 21.5 Å². The van der Waals surface area contributed by atoms with Crippen molar-refractivity contribution in [2.24, 2.45) is 5.73 Å². The number of nitrogens with zero attached hydrogens (tertiary/aromatic N) is 1. The number of nitrogens with one attached hydrogen (secondary N) is 1. The minimum Gasteiger partial charge on any atom is -0.389 e. The first-order valence-electron chi connectivity index (χ1n) is 5.46. The molecule has 0 unspecified atom stereocenters. The molecule has 1 heterocycles. The van der Waals surface area contributed by atoms with Crippen molar-refractivity contribution in [3.05, 3.63) is 51.9 Å². The zero-order chi connectivity index (χ0) is 14.0. The number of pyridine rings is 1. The van der Waals surface area contributed by atoms with Gasteiger partial charge in [-0.1, -0.05) is 12.2 Å². The Bertz CT molecular complexity index is 646. The first kappa shape index (κ1) is 13.9. The number of hydrogen-bond donors (Lipinski definition) is 2. The highest BCUT2D eigenvalue weighted by atomic mass is 79.9. The van der Waals surface area contributed by atoms with Gasteiger partial charge in [0.05, 0.1) is 11.3 Å². The minimum atomic E-state index is -0.316. The van der Waals surface area contributed by atoms with Gasteiger partial charge in [-0.15, -0.1) is 0 Å². The van der Waals surface area contributed by atoms with Gasteiger partial charge in [-0.2, -0.15) is 0 Å². The maximum atomic E-state index is 13.0. The van der Waals surface area contributed by atoms with E-state index in [9.17, 15) is 4.39 Å².